The predicted octanol–water partition coefficient (Wildman–Crippen LogP) is 1.96. The fourth-order valence-electron chi connectivity index (χ4n) is 2.53. The highest BCUT2D eigenvalue weighted by molar-refractivity contribution is 14.0. The van der Waals surface area contributed by atoms with Gasteiger partial charge >= 0.3 is 0 Å². The van der Waals surface area contributed by atoms with Crippen molar-refractivity contribution in [2.24, 2.45) is 10.9 Å². The van der Waals surface area contributed by atoms with Gasteiger partial charge in [0.05, 0.1) is 17.4 Å². The maximum Gasteiger partial charge on any atom is 0.193 e. The second-order valence-corrected chi connectivity index (χ2v) is 7.02. The van der Waals surface area contributed by atoms with Gasteiger partial charge in [0.1, 0.15) is 0 Å². The van der Waals surface area contributed by atoms with Gasteiger partial charge < -0.3 is 15.0 Å². The number of rotatable bonds is 6. The lowest BCUT2D eigenvalue weighted by molar-refractivity contribution is 0.181. The minimum atomic E-state index is -0.975. The minimum absolute atomic E-state index is 0. The van der Waals surface area contributed by atoms with Crippen LogP contribution in [0.5, 0.6) is 0 Å². The van der Waals surface area contributed by atoms with Crippen LogP contribution < -0.4 is 5.32 Å². The Morgan fingerprint density at radius 1 is 1.43 bits per heavy atom. The second-order valence-electron chi connectivity index (χ2n) is 5.45. The smallest absolute Gasteiger partial charge is 0.193 e. The maximum absolute atomic E-state index is 12.2. The first kappa shape index (κ1) is 20.4. The number of aliphatic imine (C=N–C) groups is 1. The van der Waals surface area contributed by atoms with E-state index in [1.807, 2.05) is 37.4 Å². The molecule has 2 unspecified atom stereocenters. The number of hydrogen-bond donors (Lipinski definition) is 1. The molecule has 1 fully saturated rings. The summed E-state index contributed by atoms with van der Waals surface area (Å²) in [6.07, 6.45) is 1.11. The van der Waals surface area contributed by atoms with E-state index in [1.54, 1.807) is 7.05 Å². The highest BCUT2D eigenvalue weighted by Gasteiger charge is 2.19. The molecule has 1 aromatic carbocycles. The average Bonchev–Trinajstić information content (AvgIpc) is 3.05. The SMILES string of the molecule is CN=C(NCCS(=O)c1ccccc1)N(C)CC1CCOC1.I. The first-order valence-electron chi connectivity index (χ1n) is 7.63. The third-order valence-electron chi connectivity index (χ3n) is 3.71. The van der Waals surface area contributed by atoms with Crippen molar-refractivity contribution in [1.82, 2.24) is 10.2 Å². The van der Waals surface area contributed by atoms with Gasteiger partial charge in [0.15, 0.2) is 5.96 Å². The van der Waals surface area contributed by atoms with Gasteiger partial charge in [0.25, 0.3) is 0 Å². The van der Waals surface area contributed by atoms with Crippen molar-refractivity contribution < 1.29 is 8.95 Å². The monoisotopic (exact) mass is 451 g/mol. The summed E-state index contributed by atoms with van der Waals surface area (Å²) in [5.74, 6) is 1.99. The highest BCUT2D eigenvalue weighted by Crippen LogP contribution is 2.13. The molecule has 0 bridgehead atoms. The Morgan fingerprint density at radius 2 is 2.17 bits per heavy atom. The Kier molecular flexibility index (Phi) is 9.73. The van der Waals surface area contributed by atoms with Crippen molar-refractivity contribution in [3.8, 4) is 0 Å². The van der Waals surface area contributed by atoms with Gasteiger partial charge in [0, 0.05) is 50.4 Å². The van der Waals surface area contributed by atoms with Crippen molar-refractivity contribution in [2.75, 3.05) is 46.2 Å². The van der Waals surface area contributed by atoms with Crippen LogP contribution in [0.4, 0.5) is 0 Å². The van der Waals surface area contributed by atoms with Gasteiger partial charge in [0.2, 0.25) is 0 Å². The maximum atomic E-state index is 12.2. The van der Waals surface area contributed by atoms with Crippen molar-refractivity contribution in [3.63, 3.8) is 0 Å². The average molecular weight is 451 g/mol. The molecule has 0 radical (unpaired) electrons. The number of guanidine groups is 1. The topological polar surface area (TPSA) is 53.9 Å². The van der Waals surface area contributed by atoms with E-state index in [9.17, 15) is 4.21 Å². The van der Waals surface area contributed by atoms with Crippen molar-refractivity contribution in [2.45, 2.75) is 11.3 Å². The quantitative estimate of drug-likeness (QED) is 0.408. The summed E-state index contributed by atoms with van der Waals surface area (Å²) in [4.78, 5) is 7.28. The number of hydrogen-bond acceptors (Lipinski definition) is 3. The van der Waals surface area contributed by atoms with Crippen LogP contribution >= 0.6 is 24.0 Å². The van der Waals surface area contributed by atoms with Crippen LogP contribution in [0.1, 0.15) is 6.42 Å². The lowest BCUT2D eigenvalue weighted by atomic mass is 10.1. The van der Waals surface area contributed by atoms with Gasteiger partial charge in [-0.1, -0.05) is 18.2 Å². The summed E-state index contributed by atoms with van der Waals surface area (Å²) in [5, 5.41) is 3.29. The summed E-state index contributed by atoms with van der Waals surface area (Å²) >= 11 is 0. The predicted molar refractivity (Wildman–Crippen MR) is 106 cm³/mol. The van der Waals surface area contributed by atoms with Crippen LogP contribution in [-0.2, 0) is 15.5 Å². The molecule has 1 saturated heterocycles. The van der Waals surface area contributed by atoms with E-state index in [0.29, 0.717) is 18.2 Å². The third-order valence-corrected chi connectivity index (χ3v) is 5.08. The molecule has 130 valence electrons. The molecule has 5 nitrogen and oxygen atoms in total. The van der Waals surface area contributed by atoms with Gasteiger partial charge in [-0.25, -0.2) is 0 Å². The molecule has 0 saturated carbocycles. The first-order chi connectivity index (χ1) is 10.7. The van der Waals surface area contributed by atoms with Crippen LogP contribution in [-0.4, -0.2) is 61.2 Å². The summed E-state index contributed by atoms with van der Waals surface area (Å²) in [6.45, 7) is 3.26. The zero-order chi connectivity index (χ0) is 15.8. The minimum Gasteiger partial charge on any atom is -0.381 e. The van der Waals surface area contributed by atoms with E-state index in [2.05, 4.69) is 15.2 Å². The molecule has 23 heavy (non-hydrogen) atoms. The van der Waals surface area contributed by atoms with Crippen molar-refractivity contribution in [1.29, 1.82) is 0 Å². The molecule has 0 aliphatic carbocycles. The Labute approximate surface area is 158 Å². The zero-order valence-corrected chi connectivity index (χ0v) is 16.9. The first-order valence-corrected chi connectivity index (χ1v) is 8.95. The van der Waals surface area contributed by atoms with Crippen LogP contribution in [0.15, 0.2) is 40.2 Å². The summed E-state index contributed by atoms with van der Waals surface area (Å²) in [6, 6.07) is 9.56. The molecule has 1 aliphatic heterocycles. The molecule has 1 heterocycles. The molecular weight excluding hydrogens is 425 g/mol. The molecular formula is C16H26IN3O2S. The van der Waals surface area contributed by atoms with Crippen LogP contribution in [0, 0.1) is 5.92 Å². The molecule has 7 heteroatoms. The second kappa shape index (κ2) is 11.0. The highest BCUT2D eigenvalue weighted by atomic mass is 127. The summed E-state index contributed by atoms with van der Waals surface area (Å²) in [5.41, 5.74) is 0. The molecule has 1 aliphatic rings. The fourth-order valence-corrected chi connectivity index (χ4v) is 3.52. The Morgan fingerprint density at radius 3 is 2.78 bits per heavy atom. The Hall–Kier alpha value is -0.670. The van der Waals surface area contributed by atoms with E-state index >= 15 is 0 Å². The number of benzene rings is 1. The molecule has 0 aromatic heterocycles. The summed E-state index contributed by atoms with van der Waals surface area (Å²) in [7, 11) is 2.83. The number of nitrogens with one attached hydrogen (secondary N) is 1. The number of nitrogens with zero attached hydrogens (tertiary/aromatic N) is 2. The Bertz CT molecular complexity index is 507. The van der Waals surface area contributed by atoms with Crippen LogP contribution in [0.2, 0.25) is 0 Å². The van der Waals surface area contributed by atoms with Crippen LogP contribution in [0.25, 0.3) is 0 Å². The van der Waals surface area contributed by atoms with Crippen molar-refractivity contribution >= 4 is 40.7 Å². The van der Waals surface area contributed by atoms with Gasteiger partial charge in [-0.2, -0.15) is 0 Å². The zero-order valence-electron chi connectivity index (χ0n) is 13.7. The number of ether oxygens (including phenoxy) is 1. The van der Waals surface area contributed by atoms with E-state index in [1.165, 1.54) is 0 Å². The molecule has 0 amide bonds. The lowest BCUT2D eigenvalue weighted by Crippen LogP contribution is -2.42. The van der Waals surface area contributed by atoms with E-state index in [4.69, 9.17) is 4.74 Å². The lowest BCUT2D eigenvalue weighted by Gasteiger charge is -2.24. The normalized spacial score (nSPS) is 19.0. The third kappa shape index (κ3) is 6.76. The van der Waals surface area contributed by atoms with Gasteiger partial charge in [-0.05, 0) is 18.6 Å². The van der Waals surface area contributed by atoms with Gasteiger partial charge in [-0.3, -0.25) is 9.20 Å². The molecule has 1 N–H and O–H groups in total. The molecule has 1 aromatic rings. The molecule has 0 spiro atoms. The van der Waals surface area contributed by atoms with E-state index in [-0.39, 0.29) is 24.0 Å². The van der Waals surface area contributed by atoms with Crippen LogP contribution in [0.3, 0.4) is 0 Å². The standard InChI is InChI=1S/C16H25N3O2S.HI/c1-17-16(19(2)12-14-8-10-21-13-14)18-9-11-22(20)15-6-4-3-5-7-15;/h3-7,14H,8-13H2,1-2H3,(H,17,18);1H. The largest absolute Gasteiger partial charge is 0.381 e. The molecule has 2 atom stereocenters. The summed E-state index contributed by atoms with van der Waals surface area (Å²) < 4.78 is 17.6. The van der Waals surface area contributed by atoms with Crippen molar-refractivity contribution in [3.05, 3.63) is 30.3 Å². The van der Waals surface area contributed by atoms with E-state index < -0.39 is 10.8 Å². The van der Waals surface area contributed by atoms with E-state index in [0.717, 1.165) is 37.0 Å². The molecule has 2 rings (SSSR count). The Balaban J connectivity index is 0.00000264. The number of halogens is 1. The fraction of sp³-hybridized carbons (Fsp3) is 0.562. The van der Waals surface area contributed by atoms with Gasteiger partial charge in [-0.15, -0.1) is 24.0 Å².